The molecule has 2 N–H and O–H groups in total. The Morgan fingerprint density at radius 2 is 1.81 bits per heavy atom. The maximum absolute atomic E-state index is 11.9. The average Bonchev–Trinajstić information content (AvgIpc) is 3.11. The largest absolute Gasteiger partial charge is 0.356 e. The van der Waals surface area contributed by atoms with E-state index >= 15 is 0 Å². The zero-order chi connectivity index (χ0) is 21.5. The zero-order valence-corrected chi connectivity index (χ0v) is 19.1. The van der Waals surface area contributed by atoms with Crippen LogP contribution in [0.3, 0.4) is 0 Å². The lowest BCUT2D eigenvalue weighted by Gasteiger charge is -2.17. The van der Waals surface area contributed by atoms with Crippen molar-refractivity contribution in [2.24, 2.45) is 5.73 Å². The fourth-order valence-corrected chi connectivity index (χ4v) is 4.15. The highest BCUT2D eigenvalue weighted by molar-refractivity contribution is 7.90. The predicted octanol–water partition coefficient (Wildman–Crippen LogP) is 4.57. The summed E-state index contributed by atoms with van der Waals surface area (Å²) in [5.74, 6) is 0. The van der Waals surface area contributed by atoms with E-state index in [-0.39, 0.29) is 23.5 Å². The van der Waals surface area contributed by atoms with Crippen molar-refractivity contribution in [3.63, 3.8) is 0 Å². The Hall–Kier alpha value is -2.74. The van der Waals surface area contributed by atoms with Crippen LogP contribution in [0.1, 0.15) is 28.4 Å². The first kappa shape index (κ1) is 22.9. The molecule has 0 aliphatic heterocycles. The lowest BCUT2D eigenvalue weighted by atomic mass is 9.93. The molecule has 162 valence electrons. The monoisotopic (exact) mass is 457 g/mol. The van der Waals surface area contributed by atoms with Gasteiger partial charge in [0.1, 0.15) is 5.69 Å². The number of pyridine rings is 1. The van der Waals surface area contributed by atoms with Crippen LogP contribution in [0.25, 0.3) is 22.2 Å². The molecule has 0 bridgehead atoms. The van der Waals surface area contributed by atoms with Crippen molar-refractivity contribution in [1.82, 2.24) is 10.1 Å². The summed E-state index contributed by atoms with van der Waals surface area (Å²) < 4.78 is 29.3. The molecule has 0 saturated heterocycles. The van der Waals surface area contributed by atoms with Crippen molar-refractivity contribution in [2.75, 3.05) is 6.26 Å². The normalized spacial score (nSPS) is 12.5. The molecule has 0 aliphatic carbocycles. The minimum atomic E-state index is -3.39. The molecule has 0 unspecified atom stereocenters. The first-order valence-corrected chi connectivity index (χ1v) is 11.5. The van der Waals surface area contributed by atoms with Crippen molar-refractivity contribution in [3.8, 4) is 11.3 Å². The van der Waals surface area contributed by atoms with Crippen LogP contribution >= 0.6 is 12.4 Å². The number of nitrogens with two attached hydrogens (primary N) is 1. The minimum Gasteiger partial charge on any atom is -0.356 e. The molecule has 2 aromatic carbocycles. The highest BCUT2D eigenvalue weighted by Gasteiger charge is 2.20. The molecule has 0 amide bonds. The summed E-state index contributed by atoms with van der Waals surface area (Å²) in [5, 5.41) is 5.28. The fourth-order valence-electron chi connectivity index (χ4n) is 3.56. The van der Waals surface area contributed by atoms with Crippen molar-refractivity contribution < 1.29 is 12.9 Å². The number of halogens is 1. The maximum atomic E-state index is 11.9. The van der Waals surface area contributed by atoms with Gasteiger partial charge in [-0.2, -0.15) is 0 Å². The third-order valence-corrected chi connectivity index (χ3v) is 6.20. The Labute approximate surface area is 187 Å². The SMILES string of the molecule is Cc1ccc2c(-c3ccccc3[C@@H](N)Cc3nc(S(C)(=O)=O)ccc3C)noc2c1.Cl. The summed E-state index contributed by atoms with van der Waals surface area (Å²) in [4.78, 5) is 4.36. The second-order valence-corrected chi connectivity index (χ2v) is 9.58. The second-order valence-electron chi connectivity index (χ2n) is 7.61. The summed E-state index contributed by atoms with van der Waals surface area (Å²) in [5.41, 5.74) is 12.5. The van der Waals surface area contributed by atoms with Crippen molar-refractivity contribution in [2.45, 2.75) is 31.3 Å². The van der Waals surface area contributed by atoms with Crippen LogP contribution in [0.4, 0.5) is 0 Å². The number of aryl methyl sites for hydroxylation is 2. The molecule has 2 aromatic heterocycles. The van der Waals surface area contributed by atoms with Gasteiger partial charge in [0.05, 0.1) is 0 Å². The number of fused-ring (bicyclic) bond motifs is 1. The molecule has 2 heterocycles. The molecule has 0 fully saturated rings. The number of nitrogens with zero attached hydrogens (tertiary/aromatic N) is 2. The van der Waals surface area contributed by atoms with Crippen LogP contribution in [-0.2, 0) is 16.3 Å². The molecule has 4 aromatic rings. The highest BCUT2D eigenvalue weighted by atomic mass is 35.5. The highest BCUT2D eigenvalue weighted by Crippen LogP contribution is 2.33. The second kappa shape index (κ2) is 8.78. The predicted molar refractivity (Wildman–Crippen MR) is 124 cm³/mol. The van der Waals surface area contributed by atoms with Gasteiger partial charge in [0.25, 0.3) is 0 Å². The third kappa shape index (κ3) is 4.63. The van der Waals surface area contributed by atoms with E-state index in [1.807, 2.05) is 56.3 Å². The molecule has 6 nitrogen and oxygen atoms in total. The summed E-state index contributed by atoms with van der Waals surface area (Å²) in [6.45, 7) is 3.91. The van der Waals surface area contributed by atoms with Gasteiger partial charge in [0.15, 0.2) is 20.4 Å². The van der Waals surface area contributed by atoms with Crippen LogP contribution in [0.5, 0.6) is 0 Å². The van der Waals surface area contributed by atoms with Gasteiger partial charge in [-0.15, -0.1) is 12.4 Å². The molecule has 8 heteroatoms. The van der Waals surface area contributed by atoms with E-state index in [4.69, 9.17) is 10.3 Å². The van der Waals surface area contributed by atoms with E-state index in [0.29, 0.717) is 12.1 Å². The van der Waals surface area contributed by atoms with Gasteiger partial charge in [-0.1, -0.05) is 41.6 Å². The Morgan fingerprint density at radius 3 is 2.55 bits per heavy atom. The molecular weight excluding hydrogens is 434 g/mol. The Morgan fingerprint density at radius 1 is 1.06 bits per heavy atom. The van der Waals surface area contributed by atoms with Crippen molar-refractivity contribution in [1.29, 1.82) is 0 Å². The van der Waals surface area contributed by atoms with Gasteiger partial charge in [-0.25, -0.2) is 13.4 Å². The average molecular weight is 458 g/mol. The lowest BCUT2D eigenvalue weighted by Crippen LogP contribution is -2.17. The molecule has 4 rings (SSSR count). The van der Waals surface area contributed by atoms with Crippen LogP contribution in [0.15, 0.2) is 64.1 Å². The fraction of sp³-hybridized carbons (Fsp3) is 0.217. The van der Waals surface area contributed by atoms with Gasteiger partial charge in [0.2, 0.25) is 0 Å². The number of aromatic nitrogens is 2. The van der Waals surface area contributed by atoms with Gasteiger partial charge in [-0.05, 0) is 48.7 Å². The van der Waals surface area contributed by atoms with E-state index in [9.17, 15) is 8.42 Å². The van der Waals surface area contributed by atoms with Crippen molar-refractivity contribution in [3.05, 3.63) is 77.0 Å². The van der Waals surface area contributed by atoms with Crippen LogP contribution in [0, 0.1) is 13.8 Å². The van der Waals surface area contributed by atoms with E-state index < -0.39 is 9.84 Å². The number of sulfone groups is 1. The summed E-state index contributed by atoms with van der Waals surface area (Å²) in [6.07, 6.45) is 1.56. The number of benzene rings is 2. The molecular formula is C23H24ClN3O3S. The molecule has 1 atom stereocenters. The minimum absolute atomic E-state index is 0. The molecule has 0 radical (unpaired) electrons. The van der Waals surface area contributed by atoms with Gasteiger partial charge in [-0.3, -0.25) is 0 Å². The molecule has 31 heavy (non-hydrogen) atoms. The van der Waals surface area contributed by atoms with Gasteiger partial charge in [0, 0.05) is 35.4 Å². The van der Waals surface area contributed by atoms with Crippen LogP contribution in [0.2, 0.25) is 0 Å². The zero-order valence-electron chi connectivity index (χ0n) is 17.5. The lowest BCUT2D eigenvalue weighted by molar-refractivity contribution is 0.459. The van der Waals surface area contributed by atoms with E-state index in [1.54, 1.807) is 6.07 Å². The summed E-state index contributed by atoms with van der Waals surface area (Å²) >= 11 is 0. The first-order valence-electron chi connectivity index (χ1n) is 9.61. The van der Waals surface area contributed by atoms with Gasteiger partial charge < -0.3 is 10.3 Å². The standard InChI is InChI=1S/C23H23N3O3S.ClH/c1-14-8-10-18-21(12-14)29-26-23(18)17-7-5-4-6-16(17)19(24)13-20-15(2)9-11-22(25-20)30(3,27)28;/h4-12,19H,13,24H2,1-3H3;1H/t19-;/m0./s1. The Bertz CT molecular complexity index is 1350. The summed E-state index contributed by atoms with van der Waals surface area (Å²) in [7, 11) is -3.39. The third-order valence-electron chi connectivity index (χ3n) is 5.21. The van der Waals surface area contributed by atoms with Crippen LogP contribution < -0.4 is 5.73 Å². The van der Waals surface area contributed by atoms with E-state index in [0.717, 1.165) is 45.2 Å². The maximum Gasteiger partial charge on any atom is 0.192 e. The van der Waals surface area contributed by atoms with Gasteiger partial charge >= 0.3 is 0 Å². The smallest absolute Gasteiger partial charge is 0.192 e. The van der Waals surface area contributed by atoms with E-state index in [2.05, 4.69) is 10.1 Å². The Kier molecular flexibility index (Phi) is 6.50. The number of hydrogen-bond donors (Lipinski definition) is 1. The quantitative estimate of drug-likeness (QED) is 0.471. The Balaban J connectivity index is 0.00000272. The van der Waals surface area contributed by atoms with Crippen molar-refractivity contribution >= 4 is 33.2 Å². The van der Waals surface area contributed by atoms with Crippen LogP contribution in [-0.4, -0.2) is 24.8 Å². The van der Waals surface area contributed by atoms with E-state index in [1.165, 1.54) is 6.07 Å². The first-order chi connectivity index (χ1) is 14.2. The summed E-state index contributed by atoms with van der Waals surface area (Å²) in [6, 6.07) is 16.7. The number of hydrogen-bond acceptors (Lipinski definition) is 6. The molecule has 0 saturated carbocycles. The topological polar surface area (TPSA) is 99.1 Å². The molecule has 0 spiro atoms. The number of rotatable bonds is 5. The molecule has 0 aliphatic rings.